The minimum atomic E-state index is -0.372. The number of allylic oxidation sites excluding steroid dienone is 4. The summed E-state index contributed by atoms with van der Waals surface area (Å²) >= 11 is 0. The van der Waals surface area contributed by atoms with Crippen LogP contribution in [0.3, 0.4) is 0 Å². The molecule has 0 spiro atoms. The molecule has 20 heavy (non-hydrogen) atoms. The van der Waals surface area contributed by atoms with Gasteiger partial charge in [-0.3, -0.25) is 0 Å². The Morgan fingerprint density at radius 1 is 0.800 bits per heavy atom. The second-order valence-electron chi connectivity index (χ2n) is 4.17. The predicted octanol–water partition coefficient (Wildman–Crippen LogP) is 4.60. The molecule has 2 aromatic rings. The third-order valence-electron chi connectivity index (χ3n) is 2.95. The maximum Gasteiger partial charge on any atom is 0.115 e. The van der Waals surface area contributed by atoms with Gasteiger partial charge in [0.05, 0.1) is 5.48 Å². The zero-order chi connectivity index (χ0) is 18.0. The first kappa shape index (κ1) is 9.43. The van der Waals surface area contributed by atoms with Gasteiger partial charge < -0.3 is 10.2 Å². The maximum atomic E-state index is 9.61. The number of aromatic hydroxyl groups is 2. The fourth-order valence-corrected chi connectivity index (χ4v) is 2.02. The van der Waals surface area contributed by atoms with E-state index in [-0.39, 0.29) is 35.7 Å². The standard InChI is InChI=1S/C18H18O2/c1-3-17(13-5-9-15(19)10-6-13)18(4-2)14-7-11-16(20)12-8-14/h3-12,19-20H,1-2H3/b17-3+,18-4+/i9D,10D,11D,12D. The van der Waals surface area contributed by atoms with Crippen LogP contribution in [0.4, 0.5) is 0 Å². The molecule has 0 aromatic heterocycles. The van der Waals surface area contributed by atoms with Crippen LogP contribution in [0.2, 0.25) is 0 Å². The molecule has 0 fully saturated rings. The van der Waals surface area contributed by atoms with Gasteiger partial charge in [0.25, 0.3) is 0 Å². The van der Waals surface area contributed by atoms with Crippen LogP contribution in [0, 0.1) is 0 Å². The van der Waals surface area contributed by atoms with Crippen LogP contribution < -0.4 is 0 Å². The van der Waals surface area contributed by atoms with E-state index in [2.05, 4.69) is 0 Å². The summed E-state index contributed by atoms with van der Waals surface area (Å²) < 4.78 is 31.0. The second-order valence-corrected chi connectivity index (χ2v) is 4.17. The van der Waals surface area contributed by atoms with Crippen LogP contribution in [-0.2, 0) is 0 Å². The van der Waals surface area contributed by atoms with E-state index in [1.54, 1.807) is 12.2 Å². The summed E-state index contributed by atoms with van der Waals surface area (Å²) in [6.07, 6.45) is 3.61. The lowest BCUT2D eigenvalue weighted by Gasteiger charge is -2.13. The summed E-state index contributed by atoms with van der Waals surface area (Å²) in [5.41, 5.74) is 2.60. The van der Waals surface area contributed by atoms with Gasteiger partial charge in [-0.1, -0.05) is 36.4 Å². The van der Waals surface area contributed by atoms with Crippen molar-refractivity contribution in [3.05, 3.63) is 71.7 Å². The molecule has 0 aliphatic carbocycles. The first-order chi connectivity index (χ1) is 11.3. The Hall–Kier alpha value is -2.48. The Balaban J connectivity index is 2.61. The second kappa shape index (κ2) is 6.11. The van der Waals surface area contributed by atoms with Crippen molar-refractivity contribution in [3.63, 3.8) is 0 Å². The number of hydrogen-bond donors (Lipinski definition) is 2. The summed E-state index contributed by atoms with van der Waals surface area (Å²) in [5.74, 6) is -0.745. The summed E-state index contributed by atoms with van der Waals surface area (Å²) in [7, 11) is 0. The fourth-order valence-electron chi connectivity index (χ4n) is 2.02. The molecule has 2 aromatic carbocycles. The van der Waals surface area contributed by atoms with Gasteiger partial charge in [-0.15, -0.1) is 0 Å². The number of hydrogen-bond acceptors (Lipinski definition) is 2. The predicted molar refractivity (Wildman–Crippen MR) is 83.5 cm³/mol. The van der Waals surface area contributed by atoms with Gasteiger partial charge in [0, 0.05) is 0 Å². The molecule has 0 aliphatic rings. The van der Waals surface area contributed by atoms with E-state index in [4.69, 9.17) is 5.48 Å². The van der Waals surface area contributed by atoms with Crippen LogP contribution in [0.1, 0.15) is 30.5 Å². The van der Waals surface area contributed by atoms with Gasteiger partial charge >= 0.3 is 0 Å². The molecule has 0 heterocycles. The van der Waals surface area contributed by atoms with Crippen molar-refractivity contribution in [2.75, 3.05) is 0 Å². The Morgan fingerprint density at radius 3 is 1.35 bits per heavy atom. The van der Waals surface area contributed by atoms with Gasteiger partial charge in [0.2, 0.25) is 0 Å². The maximum absolute atomic E-state index is 9.61. The molecule has 0 aliphatic heterocycles. The lowest BCUT2D eigenvalue weighted by Crippen LogP contribution is -1.90. The molecule has 2 heteroatoms. The highest BCUT2D eigenvalue weighted by molar-refractivity contribution is 6.04. The zero-order valence-electron chi connectivity index (χ0n) is 15.4. The van der Waals surface area contributed by atoms with E-state index < -0.39 is 0 Å². The first-order valence-electron chi connectivity index (χ1n) is 8.24. The highest BCUT2D eigenvalue weighted by Crippen LogP contribution is 2.32. The van der Waals surface area contributed by atoms with Gasteiger partial charge in [-0.25, -0.2) is 0 Å². The molecule has 0 amide bonds. The molecule has 0 saturated carbocycles. The number of benzene rings is 2. The molecule has 2 rings (SSSR count). The van der Waals surface area contributed by atoms with Crippen molar-refractivity contribution in [2.24, 2.45) is 0 Å². The quantitative estimate of drug-likeness (QED) is 0.800. The van der Waals surface area contributed by atoms with E-state index in [1.807, 2.05) is 13.8 Å². The molecule has 2 N–H and O–H groups in total. The van der Waals surface area contributed by atoms with Gasteiger partial charge in [0.1, 0.15) is 11.5 Å². The van der Waals surface area contributed by atoms with Crippen molar-refractivity contribution >= 4 is 11.1 Å². The third-order valence-corrected chi connectivity index (χ3v) is 2.95. The Bertz CT molecular complexity index is 737. The van der Waals surface area contributed by atoms with Gasteiger partial charge in [-0.05, 0) is 60.3 Å². The lowest BCUT2D eigenvalue weighted by atomic mass is 9.92. The molecule has 2 nitrogen and oxygen atoms in total. The zero-order valence-corrected chi connectivity index (χ0v) is 11.4. The lowest BCUT2D eigenvalue weighted by molar-refractivity contribution is 0.474. The largest absolute Gasteiger partial charge is 0.508 e. The summed E-state index contributed by atoms with van der Waals surface area (Å²) in [5, 5.41) is 19.2. The third kappa shape index (κ3) is 2.91. The van der Waals surface area contributed by atoms with Crippen LogP contribution in [0.5, 0.6) is 11.5 Å². The first-order valence-corrected chi connectivity index (χ1v) is 6.24. The fraction of sp³-hybridized carbons (Fsp3) is 0.111. The number of rotatable bonds is 3. The summed E-state index contributed by atoms with van der Waals surface area (Å²) in [4.78, 5) is 0. The van der Waals surface area contributed by atoms with Gasteiger partial charge in [0.15, 0.2) is 0 Å². The van der Waals surface area contributed by atoms with Crippen LogP contribution in [-0.4, -0.2) is 10.2 Å². The highest BCUT2D eigenvalue weighted by Gasteiger charge is 2.09. The summed E-state index contributed by atoms with van der Waals surface area (Å²) in [6.45, 7) is 3.62. The van der Waals surface area contributed by atoms with E-state index in [0.29, 0.717) is 22.3 Å². The van der Waals surface area contributed by atoms with Crippen molar-refractivity contribution in [1.82, 2.24) is 0 Å². The molecule has 0 radical (unpaired) electrons. The van der Waals surface area contributed by atoms with E-state index >= 15 is 0 Å². The summed E-state index contributed by atoms with van der Waals surface area (Å²) in [6, 6.07) is 5.32. The molecule has 0 unspecified atom stereocenters. The van der Waals surface area contributed by atoms with Crippen LogP contribution in [0.15, 0.2) is 60.6 Å². The van der Waals surface area contributed by atoms with Gasteiger partial charge in [-0.2, -0.15) is 0 Å². The molecule has 0 saturated heterocycles. The highest BCUT2D eigenvalue weighted by atomic mass is 16.3. The van der Waals surface area contributed by atoms with E-state index in [1.165, 1.54) is 24.3 Å². The molecular weight excluding hydrogens is 248 g/mol. The SMILES string of the molecule is [2H]c1cc(C(=C\C)/C(=C/C)c2cc([2H])c(O)c([2H])c2)cc([2H])c1O. The molecular formula is C18H18O2. The van der Waals surface area contributed by atoms with Crippen LogP contribution in [0.25, 0.3) is 11.1 Å². The normalized spacial score (nSPS) is 15.3. The van der Waals surface area contributed by atoms with Crippen LogP contribution >= 0.6 is 0 Å². The molecule has 0 bridgehead atoms. The Morgan fingerprint density at radius 2 is 1.10 bits per heavy atom. The van der Waals surface area contributed by atoms with Crippen molar-refractivity contribution in [2.45, 2.75) is 13.8 Å². The number of phenolic OH excluding ortho intramolecular Hbond substituents is 2. The minimum Gasteiger partial charge on any atom is -0.508 e. The smallest absolute Gasteiger partial charge is 0.115 e. The Kier molecular flexibility index (Phi) is 2.88. The average Bonchev–Trinajstić information content (AvgIpc) is 2.54. The van der Waals surface area contributed by atoms with Crippen molar-refractivity contribution in [3.8, 4) is 11.5 Å². The average molecular weight is 270 g/mol. The van der Waals surface area contributed by atoms with E-state index in [0.717, 1.165) is 0 Å². The molecule has 102 valence electrons. The minimum absolute atomic E-state index is 0.139. The van der Waals surface area contributed by atoms with Crippen molar-refractivity contribution in [1.29, 1.82) is 0 Å². The monoisotopic (exact) mass is 270 g/mol. The van der Waals surface area contributed by atoms with E-state index in [9.17, 15) is 10.2 Å². The topological polar surface area (TPSA) is 40.5 Å². The molecule has 0 atom stereocenters. The Labute approximate surface area is 125 Å². The van der Waals surface area contributed by atoms with Crippen molar-refractivity contribution < 1.29 is 15.7 Å². The number of phenols is 2.